The minimum Gasteiger partial charge on any atom is -0.0622 e. The molecule has 0 aliphatic carbocycles. The summed E-state index contributed by atoms with van der Waals surface area (Å²) in [7, 11) is 13.1. The monoisotopic (exact) mass is 2770 g/mol. The Morgan fingerprint density at radius 3 is 0.232 bits per heavy atom. The van der Waals surface area contributed by atoms with Crippen molar-refractivity contribution in [1.82, 2.24) is 0 Å². The number of halogens is 9. The van der Waals surface area contributed by atoms with Crippen molar-refractivity contribution in [1.29, 1.82) is 0 Å². The molecular formula is C120H122BrCl8P8PtRu4+7. The van der Waals surface area contributed by atoms with Crippen molar-refractivity contribution in [2.45, 2.75) is 41.5 Å². The molecule has 18 aromatic carbocycles. The van der Waals surface area contributed by atoms with Crippen LogP contribution < -0.4 is 145 Å². The maximum atomic E-state index is 4.95. The molecule has 0 saturated heterocycles. The van der Waals surface area contributed by atoms with E-state index in [2.05, 4.69) is 588 Å². The predicted molar refractivity (Wildman–Crippen MR) is 623 cm³/mol. The SMILES string of the molecule is Br.CCP(CC)CC.CCP(CC)CC.Cl.[Cl-].[Cl-].[Cl-].[Cl-].[Cl][Ru]([Cl])[Cl].[Pt+2].[Ru+3].[Ru+3].[Ru+3].c1ccc(P(c2ccccc2)c2ccccc2)cc1.c1ccc(P(c2ccccc2)c2ccccc2)cc1.c1ccc(P(c2ccccc2)c2ccccc2)cc1.c1ccc(P(c2ccccc2)c2ccccc2)cc1.c1ccc(P(c2ccccc2)c2ccccc2)cc1.c1ccc(P(c2ccccc2)c2ccccc2)cc1. The van der Waals surface area contributed by atoms with Gasteiger partial charge in [-0.25, -0.2) is 0 Å². The Morgan fingerprint density at radius 2 is 0.197 bits per heavy atom. The topological polar surface area (TPSA) is 0 Å². The van der Waals surface area contributed by atoms with E-state index in [0.717, 1.165) is 0 Å². The zero-order valence-corrected chi connectivity index (χ0v) is 104. The van der Waals surface area contributed by atoms with Gasteiger partial charge in [0.25, 0.3) is 0 Å². The van der Waals surface area contributed by atoms with Crippen molar-refractivity contribution in [2.75, 3.05) is 37.0 Å². The van der Waals surface area contributed by atoms with E-state index in [9.17, 15) is 0 Å². The zero-order valence-electron chi connectivity index (χ0n) is 80.0. The fourth-order valence-corrected chi connectivity index (χ4v) is 30.9. The second-order valence-corrected chi connectivity index (χ2v) is 57.2. The van der Waals surface area contributed by atoms with Crippen LogP contribution in [0.4, 0.5) is 0 Å². The van der Waals surface area contributed by atoms with E-state index in [1.54, 1.807) is 0 Å². The number of benzene rings is 18. The third-order valence-electron chi connectivity index (χ3n) is 20.9. The van der Waals surface area contributed by atoms with Gasteiger partial charge in [-0.15, -0.1) is 45.2 Å². The van der Waals surface area contributed by atoms with Crippen molar-refractivity contribution in [2.24, 2.45) is 0 Å². The summed E-state index contributed by atoms with van der Waals surface area (Å²) in [4.78, 5) is 0. The molecule has 0 nitrogen and oxygen atoms in total. The summed E-state index contributed by atoms with van der Waals surface area (Å²) in [6.07, 6.45) is 8.51. The van der Waals surface area contributed by atoms with E-state index >= 15 is 0 Å². The minimum atomic E-state index is -1.75. The van der Waals surface area contributed by atoms with Gasteiger partial charge in [-0.3, -0.25) is 0 Å². The molecule has 18 aromatic rings. The molecule has 0 N–H and O–H groups in total. The van der Waals surface area contributed by atoms with Crippen molar-refractivity contribution in [3.05, 3.63) is 546 Å². The fraction of sp³-hybridized carbons (Fsp3) is 0.100. The molecule has 0 atom stereocenters. The number of hydrogen-bond acceptors (Lipinski definition) is 0. The summed E-state index contributed by atoms with van der Waals surface area (Å²) in [6, 6.07) is 194. The van der Waals surface area contributed by atoms with Crippen molar-refractivity contribution < 1.29 is 142 Å². The van der Waals surface area contributed by atoms with Gasteiger partial charge in [0.1, 0.15) is 0 Å². The van der Waals surface area contributed by atoms with Gasteiger partial charge in [-0.2, -0.15) is 0 Å². The first-order valence-corrected chi connectivity index (χ1v) is 63.5. The zero-order chi connectivity index (χ0) is 92.5. The van der Waals surface area contributed by atoms with E-state index in [1.807, 2.05) is 0 Å². The summed E-state index contributed by atoms with van der Waals surface area (Å²) in [5.41, 5.74) is 0. The minimum absolute atomic E-state index is 0. The molecule has 0 fully saturated rings. The van der Waals surface area contributed by atoms with E-state index in [4.69, 9.17) is 29.1 Å². The van der Waals surface area contributed by atoms with E-state index in [0.29, 0.717) is 15.8 Å². The van der Waals surface area contributed by atoms with Crippen LogP contribution in [0, 0.1) is 0 Å². The summed E-state index contributed by atoms with van der Waals surface area (Å²) in [5.74, 6) is 0. The van der Waals surface area contributed by atoms with Crippen LogP contribution >= 0.6 is 122 Å². The van der Waals surface area contributed by atoms with Gasteiger partial charge in [0.2, 0.25) is 0 Å². The Morgan fingerprint density at radius 1 is 0.148 bits per heavy atom. The summed E-state index contributed by atoms with van der Waals surface area (Å²) in [6.45, 7) is 13.7. The van der Waals surface area contributed by atoms with Gasteiger partial charge < -0.3 is 49.6 Å². The van der Waals surface area contributed by atoms with Gasteiger partial charge in [-0.1, -0.05) is 588 Å². The Kier molecular flexibility index (Phi) is 81.4. The molecule has 0 unspecified atom stereocenters. The molecule has 0 heterocycles. The van der Waals surface area contributed by atoms with E-state index < -0.39 is 60.5 Å². The van der Waals surface area contributed by atoms with Crippen LogP contribution in [-0.2, 0) is 92.5 Å². The van der Waals surface area contributed by atoms with Crippen LogP contribution in [0.5, 0.6) is 0 Å². The first-order valence-electron chi connectivity index (χ1n) is 45.0. The van der Waals surface area contributed by atoms with Crippen molar-refractivity contribution in [3.63, 3.8) is 0 Å². The Balaban J connectivity index is 0.00000160. The first kappa shape index (κ1) is 137. The smallest absolute Gasteiger partial charge is 0.0622 e. The third-order valence-corrected chi connectivity index (χ3v) is 41.0. The van der Waals surface area contributed by atoms with Crippen LogP contribution in [0.1, 0.15) is 41.5 Å². The second-order valence-electron chi connectivity index (χ2n) is 29.4. The molecule has 0 amide bonds. The molecule has 3 radical (unpaired) electrons. The number of rotatable bonds is 24. The average Bonchev–Trinajstić information content (AvgIpc) is 0.847. The van der Waals surface area contributed by atoms with Crippen LogP contribution in [0.2, 0.25) is 0 Å². The first-order chi connectivity index (χ1) is 65.1. The Hall–Kier alpha value is -4.62. The van der Waals surface area contributed by atoms with Crippen LogP contribution in [-0.4, -0.2) is 37.0 Å². The maximum absolute atomic E-state index is 4.95. The molecule has 18 rings (SSSR count). The Bertz CT molecular complexity index is 4420. The molecule has 0 spiro atoms. The molecule has 0 saturated carbocycles. The van der Waals surface area contributed by atoms with Crippen molar-refractivity contribution in [3.8, 4) is 0 Å². The maximum Gasteiger partial charge on any atom is 3.00 e. The summed E-state index contributed by atoms with van der Waals surface area (Å²) >= 11 is -1.75. The van der Waals surface area contributed by atoms with Gasteiger partial charge in [0, 0.05) is 0 Å². The molecule has 22 heteroatoms. The number of hydrogen-bond donors (Lipinski definition) is 0. The molecule has 740 valence electrons. The second kappa shape index (κ2) is 84.1. The van der Waals surface area contributed by atoms with Crippen LogP contribution in [0.15, 0.2) is 546 Å². The van der Waals surface area contributed by atoms with Crippen molar-refractivity contribution >= 4 is 217 Å². The quantitative estimate of drug-likeness (QED) is 0.0418. The molecule has 0 aliphatic heterocycles. The largest absolute Gasteiger partial charge is 3.00 e. The summed E-state index contributed by atoms with van der Waals surface area (Å²) in [5, 5.41) is 25.2. The third kappa shape index (κ3) is 49.0. The van der Waals surface area contributed by atoms with Gasteiger partial charge in [-0.05, 0) is 180 Å². The average molecular weight is 2770 g/mol. The molecule has 0 aromatic heterocycles. The van der Waals surface area contributed by atoms with Gasteiger partial charge in [0.05, 0.1) is 0 Å². The van der Waals surface area contributed by atoms with Gasteiger partial charge >= 0.3 is 122 Å². The molecular weight excluding hydrogens is 2650 g/mol. The van der Waals surface area contributed by atoms with Crippen LogP contribution in [0.3, 0.4) is 0 Å². The fourth-order valence-electron chi connectivity index (χ4n) is 14.4. The van der Waals surface area contributed by atoms with Crippen LogP contribution in [0.25, 0.3) is 0 Å². The Labute approximate surface area is 972 Å². The van der Waals surface area contributed by atoms with E-state index in [1.165, 1.54) is 132 Å². The summed E-state index contributed by atoms with van der Waals surface area (Å²) < 4.78 is 0. The predicted octanol–water partition coefficient (Wildman–Crippen LogP) is 16.8. The standard InChI is InChI=1S/6C18H15P.2C6H15P.BrH.8ClH.Pt.4Ru/c6*1-4-10-16(11-5-1)19(17-12-6-2-7-13-17)18-14-8-3-9-15-18;2*1-4-7(5-2)6-3;;;;;;;;;;;;;;/h6*1-15H;2*4-6H2,1-3H3;9*1H;;;;;/q;;;;;;;;;;;;;;;;;+2;4*+3/p-7. The van der Waals surface area contributed by atoms with Gasteiger partial charge in [0.15, 0.2) is 0 Å². The molecule has 142 heavy (non-hydrogen) atoms. The van der Waals surface area contributed by atoms with E-state index in [-0.39, 0.29) is 159 Å². The molecule has 0 aliphatic rings. The molecule has 0 bridgehead atoms. The normalized spacial score (nSPS) is 9.82.